The number of aromatic nitrogens is 3. The highest BCUT2D eigenvalue weighted by Crippen LogP contribution is 2.34. The molecule has 2 aliphatic rings. The van der Waals surface area contributed by atoms with E-state index in [4.69, 9.17) is 4.98 Å². The molecule has 3 aromatic rings. The fourth-order valence-corrected chi connectivity index (χ4v) is 5.31. The van der Waals surface area contributed by atoms with Gasteiger partial charge in [-0.15, -0.1) is 0 Å². The Balaban J connectivity index is 1.50. The highest BCUT2D eigenvalue weighted by atomic mass is 16.1. The van der Waals surface area contributed by atoms with Crippen molar-refractivity contribution < 1.29 is 4.79 Å². The van der Waals surface area contributed by atoms with Gasteiger partial charge >= 0.3 is 0 Å². The maximum Gasteiger partial charge on any atom is 0.252 e. The van der Waals surface area contributed by atoms with Crippen LogP contribution >= 0.6 is 0 Å². The van der Waals surface area contributed by atoms with E-state index in [1.54, 1.807) is 0 Å². The molecular formula is C24H29N5O. The van der Waals surface area contributed by atoms with Crippen LogP contribution < -0.4 is 5.32 Å². The highest BCUT2D eigenvalue weighted by Gasteiger charge is 2.39. The van der Waals surface area contributed by atoms with Gasteiger partial charge in [-0.2, -0.15) is 5.10 Å². The van der Waals surface area contributed by atoms with Crippen molar-refractivity contribution >= 4 is 16.8 Å². The fraction of sp³-hybridized carbons (Fsp3) is 0.458. The lowest BCUT2D eigenvalue weighted by atomic mass is 9.97. The number of hydrogen-bond acceptors (Lipinski definition) is 4. The van der Waals surface area contributed by atoms with Gasteiger partial charge in [0.15, 0.2) is 0 Å². The first-order valence-electron chi connectivity index (χ1n) is 11.0. The number of piperidine rings is 1. The van der Waals surface area contributed by atoms with Gasteiger partial charge in [-0.3, -0.25) is 9.48 Å². The number of amides is 1. The second-order valence-corrected chi connectivity index (χ2v) is 8.72. The van der Waals surface area contributed by atoms with E-state index in [0.29, 0.717) is 17.6 Å². The second-order valence-electron chi connectivity index (χ2n) is 8.72. The van der Waals surface area contributed by atoms with Crippen LogP contribution in [0.15, 0.2) is 36.5 Å². The van der Waals surface area contributed by atoms with Gasteiger partial charge in [0.05, 0.1) is 23.0 Å². The van der Waals surface area contributed by atoms with Gasteiger partial charge in [-0.05, 0) is 58.7 Å². The molecule has 6 nitrogen and oxygen atoms in total. The third-order valence-corrected chi connectivity index (χ3v) is 7.07. The lowest BCUT2D eigenvalue weighted by Crippen LogP contribution is -2.48. The first-order chi connectivity index (χ1) is 14.5. The van der Waals surface area contributed by atoms with Crippen molar-refractivity contribution in [2.75, 3.05) is 7.05 Å². The van der Waals surface area contributed by atoms with Gasteiger partial charge in [0, 0.05) is 41.3 Å². The van der Waals surface area contributed by atoms with Crippen LogP contribution in [0.2, 0.25) is 0 Å². The van der Waals surface area contributed by atoms with Crippen molar-refractivity contribution in [1.82, 2.24) is 25.0 Å². The van der Waals surface area contributed by atoms with Gasteiger partial charge in [-0.25, -0.2) is 4.98 Å². The highest BCUT2D eigenvalue weighted by molar-refractivity contribution is 6.07. The fourth-order valence-electron chi connectivity index (χ4n) is 5.31. The van der Waals surface area contributed by atoms with Crippen LogP contribution in [0.3, 0.4) is 0 Å². The third kappa shape index (κ3) is 3.19. The number of carbonyl (C=O) groups is 1. The zero-order valence-electron chi connectivity index (χ0n) is 17.9. The minimum absolute atomic E-state index is 0.00402. The first kappa shape index (κ1) is 19.2. The van der Waals surface area contributed by atoms with Crippen molar-refractivity contribution in [2.45, 2.75) is 64.2 Å². The van der Waals surface area contributed by atoms with Gasteiger partial charge in [0.25, 0.3) is 5.91 Å². The van der Waals surface area contributed by atoms with E-state index in [0.717, 1.165) is 47.2 Å². The van der Waals surface area contributed by atoms with Crippen LogP contribution in [0.1, 0.15) is 48.7 Å². The summed E-state index contributed by atoms with van der Waals surface area (Å²) in [6, 6.07) is 11.3. The Hall–Kier alpha value is -2.73. The van der Waals surface area contributed by atoms with Crippen LogP contribution in [0.25, 0.3) is 22.2 Å². The van der Waals surface area contributed by atoms with E-state index < -0.39 is 0 Å². The van der Waals surface area contributed by atoms with Crippen LogP contribution in [0.5, 0.6) is 0 Å². The minimum Gasteiger partial charge on any atom is -0.349 e. The summed E-state index contributed by atoms with van der Waals surface area (Å²) in [5, 5.41) is 8.70. The van der Waals surface area contributed by atoms with Gasteiger partial charge in [0.2, 0.25) is 0 Å². The molecule has 2 aliphatic heterocycles. The lowest BCUT2D eigenvalue weighted by molar-refractivity contribution is 0.0884. The number of carbonyl (C=O) groups excluding carboxylic acids is 1. The quantitative estimate of drug-likeness (QED) is 0.720. The molecule has 2 unspecified atom stereocenters. The summed E-state index contributed by atoms with van der Waals surface area (Å²) in [6.07, 6.45) is 6.42. The van der Waals surface area contributed by atoms with E-state index in [1.165, 1.54) is 12.8 Å². The first-order valence-corrected chi connectivity index (χ1v) is 11.0. The summed E-state index contributed by atoms with van der Waals surface area (Å²) >= 11 is 0. The molecule has 2 aromatic heterocycles. The number of nitrogens with zero attached hydrogens (tertiary/aromatic N) is 4. The Kier molecular flexibility index (Phi) is 4.82. The van der Waals surface area contributed by atoms with Crippen LogP contribution in [0, 0.1) is 6.92 Å². The average molecular weight is 404 g/mol. The molecule has 4 heterocycles. The molecule has 2 bridgehead atoms. The second kappa shape index (κ2) is 7.51. The summed E-state index contributed by atoms with van der Waals surface area (Å²) in [5.74, 6) is 0.00402. The van der Waals surface area contributed by atoms with Crippen molar-refractivity contribution in [2.24, 2.45) is 0 Å². The number of benzene rings is 1. The Morgan fingerprint density at radius 1 is 1.20 bits per heavy atom. The molecule has 2 atom stereocenters. The lowest BCUT2D eigenvalue weighted by Gasteiger charge is -2.36. The maximum absolute atomic E-state index is 13.4. The van der Waals surface area contributed by atoms with Crippen molar-refractivity contribution in [3.8, 4) is 11.3 Å². The molecule has 6 heteroatoms. The summed E-state index contributed by atoms with van der Waals surface area (Å²) in [4.78, 5) is 20.7. The van der Waals surface area contributed by atoms with E-state index in [2.05, 4.69) is 36.2 Å². The average Bonchev–Trinajstić information content (AvgIpc) is 3.20. The normalized spacial score (nSPS) is 23.8. The molecule has 1 N–H and O–H groups in total. The summed E-state index contributed by atoms with van der Waals surface area (Å²) in [7, 11) is 2.22. The molecule has 0 radical (unpaired) electrons. The Bertz CT molecular complexity index is 1090. The van der Waals surface area contributed by atoms with E-state index in [9.17, 15) is 4.79 Å². The molecule has 2 saturated heterocycles. The number of fused-ring (bicyclic) bond motifs is 3. The Morgan fingerprint density at radius 3 is 2.63 bits per heavy atom. The van der Waals surface area contributed by atoms with Crippen LogP contribution in [-0.4, -0.2) is 50.7 Å². The third-order valence-electron chi connectivity index (χ3n) is 7.07. The van der Waals surface area contributed by atoms with E-state index >= 15 is 0 Å². The molecule has 0 saturated carbocycles. The molecule has 156 valence electrons. The molecule has 2 fully saturated rings. The smallest absolute Gasteiger partial charge is 0.252 e. The van der Waals surface area contributed by atoms with Gasteiger partial charge in [0.1, 0.15) is 0 Å². The summed E-state index contributed by atoms with van der Waals surface area (Å²) in [6.45, 7) is 4.94. The standard InChI is InChI=1S/C24H29N5O/c1-4-29-15(2)21(14-25-29)23-13-20(19-7-5-6-8-22(19)27-23)24(30)26-16-11-17-9-10-18(12-16)28(17)3/h5-8,13-14,16-18H,4,9-12H2,1-3H3,(H,26,30). The van der Waals surface area contributed by atoms with Crippen LogP contribution in [0.4, 0.5) is 0 Å². The predicted octanol–water partition coefficient (Wildman–Crippen LogP) is 3.78. The monoisotopic (exact) mass is 403 g/mol. The zero-order chi connectivity index (χ0) is 20.8. The molecular weight excluding hydrogens is 374 g/mol. The molecule has 30 heavy (non-hydrogen) atoms. The van der Waals surface area contributed by atoms with E-state index in [1.807, 2.05) is 41.2 Å². The van der Waals surface area contributed by atoms with Crippen molar-refractivity contribution in [1.29, 1.82) is 0 Å². The largest absolute Gasteiger partial charge is 0.349 e. The number of para-hydroxylation sites is 1. The molecule has 0 aliphatic carbocycles. The topological polar surface area (TPSA) is 63.1 Å². The number of hydrogen-bond donors (Lipinski definition) is 1. The zero-order valence-corrected chi connectivity index (χ0v) is 17.9. The van der Waals surface area contributed by atoms with Crippen molar-refractivity contribution in [3.63, 3.8) is 0 Å². The molecule has 5 rings (SSSR count). The molecule has 0 spiro atoms. The maximum atomic E-state index is 13.4. The van der Waals surface area contributed by atoms with Crippen LogP contribution in [-0.2, 0) is 6.54 Å². The predicted molar refractivity (Wildman–Crippen MR) is 118 cm³/mol. The molecule has 1 aromatic carbocycles. The Morgan fingerprint density at radius 2 is 1.93 bits per heavy atom. The van der Waals surface area contributed by atoms with E-state index in [-0.39, 0.29) is 11.9 Å². The summed E-state index contributed by atoms with van der Waals surface area (Å²) in [5.41, 5.74) is 4.39. The van der Waals surface area contributed by atoms with Gasteiger partial charge in [-0.1, -0.05) is 18.2 Å². The number of pyridine rings is 1. The number of nitrogens with one attached hydrogen (secondary N) is 1. The minimum atomic E-state index is 0.00402. The van der Waals surface area contributed by atoms with Gasteiger partial charge < -0.3 is 10.2 Å². The number of rotatable bonds is 4. The summed E-state index contributed by atoms with van der Waals surface area (Å²) < 4.78 is 1.96. The molecule has 1 amide bonds. The van der Waals surface area contributed by atoms with Crippen molar-refractivity contribution in [3.05, 3.63) is 47.8 Å². The number of aryl methyl sites for hydroxylation is 1. The SMILES string of the molecule is CCn1ncc(-c2cc(C(=O)NC3CC4CCC(C3)N4C)c3ccccc3n2)c1C. The Labute approximate surface area is 177 Å².